The maximum Gasteiger partial charge on any atom is 0.178 e. The molecule has 4 rings (SSSR count). The third-order valence-corrected chi connectivity index (χ3v) is 7.06. The van der Waals surface area contributed by atoms with Crippen molar-refractivity contribution < 1.29 is 9.90 Å². The van der Waals surface area contributed by atoms with Gasteiger partial charge in [-0.1, -0.05) is 32.1 Å². The molecule has 21 heavy (non-hydrogen) atoms. The molecule has 2 fully saturated rings. The number of carbonyl (C=O) groups is 1. The Morgan fingerprint density at radius 3 is 2.76 bits per heavy atom. The van der Waals surface area contributed by atoms with Crippen LogP contribution in [-0.4, -0.2) is 17.0 Å². The van der Waals surface area contributed by atoms with Gasteiger partial charge in [0, 0.05) is 5.41 Å². The van der Waals surface area contributed by atoms with Crippen molar-refractivity contribution in [1.82, 2.24) is 0 Å². The number of rotatable bonds is 0. The van der Waals surface area contributed by atoms with E-state index in [1.807, 2.05) is 6.08 Å². The van der Waals surface area contributed by atoms with E-state index in [2.05, 4.69) is 32.1 Å². The summed E-state index contributed by atoms with van der Waals surface area (Å²) >= 11 is 0. The molecule has 0 saturated heterocycles. The summed E-state index contributed by atoms with van der Waals surface area (Å²) in [7, 11) is 0. The second-order valence-corrected chi connectivity index (χ2v) is 7.91. The molecular weight excluding hydrogens is 260 g/mol. The van der Waals surface area contributed by atoms with Crippen molar-refractivity contribution in [1.29, 1.82) is 0 Å². The van der Waals surface area contributed by atoms with Crippen molar-refractivity contribution in [3.05, 3.63) is 36.0 Å². The number of aliphatic hydroxyl groups excluding tert-OH is 1. The highest BCUT2D eigenvalue weighted by molar-refractivity contribution is 6.01. The molecule has 0 radical (unpaired) electrons. The highest BCUT2D eigenvalue weighted by atomic mass is 16.3. The van der Waals surface area contributed by atoms with Crippen LogP contribution in [0.4, 0.5) is 0 Å². The standard InChI is InChI=1S/C19H24O2/c1-18-9-7-13(20)11-12(18)3-4-14-15-5-6-17(21)19(15,2)10-8-16(14)18/h3-4,7,9,11,14-17,21H,5-6,8,10H2,1-2H3/t14-,15-,16-,17+,18-,19-/m0/s1. The summed E-state index contributed by atoms with van der Waals surface area (Å²) in [6.07, 6.45) is 14.4. The predicted octanol–water partition coefficient (Wildman–Crippen LogP) is 3.43. The van der Waals surface area contributed by atoms with Gasteiger partial charge < -0.3 is 5.11 Å². The molecule has 1 N–H and O–H groups in total. The molecule has 2 nitrogen and oxygen atoms in total. The van der Waals surface area contributed by atoms with E-state index in [1.165, 1.54) is 5.57 Å². The molecule has 0 amide bonds. The Morgan fingerprint density at radius 2 is 1.95 bits per heavy atom. The summed E-state index contributed by atoms with van der Waals surface area (Å²) in [6, 6.07) is 0. The Bertz CT molecular complexity index is 584. The Hall–Kier alpha value is -1.15. The van der Waals surface area contributed by atoms with Crippen LogP contribution >= 0.6 is 0 Å². The van der Waals surface area contributed by atoms with E-state index in [9.17, 15) is 9.90 Å². The van der Waals surface area contributed by atoms with Gasteiger partial charge in [0.1, 0.15) is 0 Å². The maximum atomic E-state index is 11.7. The third kappa shape index (κ3) is 1.66. The first-order valence-electron chi connectivity index (χ1n) is 8.27. The highest BCUT2D eigenvalue weighted by Gasteiger charge is 2.57. The summed E-state index contributed by atoms with van der Waals surface area (Å²) in [5.41, 5.74) is 1.28. The van der Waals surface area contributed by atoms with Gasteiger partial charge in [0.2, 0.25) is 0 Å². The van der Waals surface area contributed by atoms with E-state index in [1.54, 1.807) is 6.08 Å². The molecule has 0 aromatic heterocycles. The molecule has 112 valence electrons. The minimum atomic E-state index is -0.134. The van der Waals surface area contributed by atoms with E-state index < -0.39 is 0 Å². The van der Waals surface area contributed by atoms with Crippen LogP contribution < -0.4 is 0 Å². The number of carbonyl (C=O) groups excluding carboxylic acids is 1. The minimum absolute atomic E-state index is 0.00218. The zero-order valence-corrected chi connectivity index (χ0v) is 12.9. The molecule has 0 aromatic carbocycles. The predicted molar refractivity (Wildman–Crippen MR) is 82.5 cm³/mol. The Labute approximate surface area is 126 Å². The first kappa shape index (κ1) is 13.5. The molecule has 0 spiro atoms. The number of hydrogen-bond acceptors (Lipinski definition) is 2. The van der Waals surface area contributed by atoms with Crippen molar-refractivity contribution in [2.45, 2.75) is 45.6 Å². The summed E-state index contributed by atoms with van der Waals surface area (Å²) in [6.45, 7) is 4.57. The monoisotopic (exact) mass is 284 g/mol. The van der Waals surface area contributed by atoms with Crippen LogP contribution in [0.2, 0.25) is 0 Å². The SMILES string of the molecule is C[C@]12CC[C@H]3[C@@H](C=CC4=CC(=O)C=C[C@@]43C)[C@@H]1CC[C@H]2O. The van der Waals surface area contributed by atoms with Gasteiger partial charge in [-0.15, -0.1) is 0 Å². The maximum absolute atomic E-state index is 11.7. The van der Waals surface area contributed by atoms with Crippen LogP contribution in [0.5, 0.6) is 0 Å². The fourth-order valence-corrected chi connectivity index (χ4v) is 5.62. The molecule has 0 aliphatic heterocycles. The Balaban J connectivity index is 1.77. The van der Waals surface area contributed by atoms with Gasteiger partial charge in [0.05, 0.1) is 6.10 Å². The van der Waals surface area contributed by atoms with Crippen LogP contribution in [0.3, 0.4) is 0 Å². The van der Waals surface area contributed by atoms with Crippen LogP contribution in [0.25, 0.3) is 0 Å². The van der Waals surface area contributed by atoms with Gasteiger partial charge in [-0.3, -0.25) is 4.79 Å². The largest absolute Gasteiger partial charge is 0.393 e. The van der Waals surface area contributed by atoms with Gasteiger partial charge in [0.15, 0.2) is 5.78 Å². The highest BCUT2D eigenvalue weighted by Crippen LogP contribution is 2.62. The number of aliphatic hydroxyl groups is 1. The third-order valence-electron chi connectivity index (χ3n) is 7.06. The molecule has 0 unspecified atom stereocenters. The number of allylic oxidation sites excluding steroid dienone is 6. The van der Waals surface area contributed by atoms with E-state index in [4.69, 9.17) is 0 Å². The molecule has 2 saturated carbocycles. The molecule has 0 aromatic rings. The average Bonchev–Trinajstić information content (AvgIpc) is 2.76. The van der Waals surface area contributed by atoms with Crippen molar-refractivity contribution in [2.75, 3.05) is 0 Å². The summed E-state index contributed by atoms with van der Waals surface area (Å²) in [5, 5.41) is 10.4. The molecule has 4 aliphatic carbocycles. The lowest BCUT2D eigenvalue weighted by atomic mass is 9.50. The van der Waals surface area contributed by atoms with Crippen LogP contribution in [-0.2, 0) is 4.79 Å². The van der Waals surface area contributed by atoms with Crippen molar-refractivity contribution in [3.63, 3.8) is 0 Å². The van der Waals surface area contributed by atoms with Crippen LogP contribution in [0, 0.1) is 28.6 Å². The normalized spacial score (nSPS) is 51.2. The first-order chi connectivity index (χ1) is 9.95. The molecule has 0 heterocycles. The van der Waals surface area contributed by atoms with E-state index in [0.717, 1.165) is 25.7 Å². The van der Waals surface area contributed by atoms with Crippen LogP contribution in [0.15, 0.2) is 36.0 Å². The fourth-order valence-electron chi connectivity index (χ4n) is 5.62. The van der Waals surface area contributed by atoms with E-state index in [0.29, 0.717) is 17.8 Å². The molecule has 6 atom stereocenters. The summed E-state index contributed by atoms with van der Waals surface area (Å²) in [5.74, 6) is 1.82. The Kier molecular flexibility index (Phi) is 2.70. The van der Waals surface area contributed by atoms with Gasteiger partial charge in [-0.25, -0.2) is 0 Å². The quantitative estimate of drug-likeness (QED) is 0.740. The zero-order valence-electron chi connectivity index (χ0n) is 12.9. The van der Waals surface area contributed by atoms with Crippen molar-refractivity contribution >= 4 is 5.78 Å². The number of hydrogen-bond donors (Lipinski definition) is 1. The lowest BCUT2D eigenvalue weighted by molar-refractivity contribution is -0.110. The van der Waals surface area contributed by atoms with E-state index >= 15 is 0 Å². The minimum Gasteiger partial charge on any atom is -0.393 e. The number of fused-ring (bicyclic) bond motifs is 5. The second kappa shape index (κ2) is 4.19. The first-order valence-corrected chi connectivity index (χ1v) is 8.27. The second-order valence-electron chi connectivity index (χ2n) is 7.91. The zero-order chi connectivity index (χ0) is 14.8. The topological polar surface area (TPSA) is 37.3 Å². The van der Waals surface area contributed by atoms with Crippen molar-refractivity contribution in [3.8, 4) is 0 Å². The average molecular weight is 284 g/mol. The lowest BCUT2D eigenvalue weighted by Gasteiger charge is -2.54. The van der Waals surface area contributed by atoms with Crippen molar-refractivity contribution in [2.24, 2.45) is 28.6 Å². The van der Waals surface area contributed by atoms with Gasteiger partial charge in [-0.05, 0) is 66.6 Å². The summed E-state index contributed by atoms with van der Waals surface area (Å²) in [4.78, 5) is 11.7. The lowest BCUT2D eigenvalue weighted by Crippen LogP contribution is -2.48. The smallest absolute Gasteiger partial charge is 0.178 e. The van der Waals surface area contributed by atoms with Gasteiger partial charge >= 0.3 is 0 Å². The molecule has 2 heteroatoms. The molecule has 4 aliphatic rings. The molecular formula is C19H24O2. The molecule has 0 bridgehead atoms. The van der Waals surface area contributed by atoms with Gasteiger partial charge in [-0.2, -0.15) is 0 Å². The Morgan fingerprint density at radius 1 is 1.14 bits per heavy atom. The van der Waals surface area contributed by atoms with Gasteiger partial charge in [0.25, 0.3) is 0 Å². The summed E-state index contributed by atoms with van der Waals surface area (Å²) < 4.78 is 0. The number of ketones is 1. The van der Waals surface area contributed by atoms with Crippen LogP contribution in [0.1, 0.15) is 39.5 Å². The fraction of sp³-hybridized carbons (Fsp3) is 0.632. The van der Waals surface area contributed by atoms with E-state index in [-0.39, 0.29) is 22.7 Å².